The monoisotopic (exact) mass is 373 g/mol. The van der Waals surface area contributed by atoms with Gasteiger partial charge in [-0.1, -0.05) is 11.2 Å². The van der Waals surface area contributed by atoms with E-state index in [9.17, 15) is 0 Å². The molecule has 140 valence electrons. The van der Waals surface area contributed by atoms with E-state index in [0.717, 1.165) is 28.4 Å². The van der Waals surface area contributed by atoms with E-state index in [0.29, 0.717) is 18.3 Å². The molecule has 7 heteroatoms. The first-order chi connectivity index (χ1) is 13.7. The van der Waals surface area contributed by atoms with Gasteiger partial charge in [0.05, 0.1) is 24.9 Å². The minimum atomic E-state index is 0.428. The number of anilines is 1. The highest BCUT2D eigenvalue weighted by atomic mass is 16.5. The zero-order valence-corrected chi connectivity index (χ0v) is 15.6. The van der Waals surface area contributed by atoms with Crippen LogP contribution in [0.4, 0.5) is 5.82 Å². The fourth-order valence-corrected chi connectivity index (χ4v) is 2.75. The number of ether oxygens (including phenoxy) is 1. The van der Waals surface area contributed by atoms with Gasteiger partial charge in [-0.25, -0.2) is 4.98 Å². The Morgan fingerprint density at radius 2 is 1.79 bits per heavy atom. The molecule has 28 heavy (non-hydrogen) atoms. The summed E-state index contributed by atoms with van der Waals surface area (Å²) in [6.07, 6.45) is 3.52. The van der Waals surface area contributed by atoms with Crippen molar-refractivity contribution in [3.8, 4) is 28.6 Å². The van der Waals surface area contributed by atoms with Crippen LogP contribution in [0, 0.1) is 0 Å². The summed E-state index contributed by atoms with van der Waals surface area (Å²) in [4.78, 5) is 15.3. The Kier molecular flexibility index (Phi) is 4.97. The van der Waals surface area contributed by atoms with E-state index in [1.165, 1.54) is 0 Å². The van der Waals surface area contributed by atoms with E-state index >= 15 is 0 Å². The summed E-state index contributed by atoms with van der Waals surface area (Å²) in [6.45, 7) is 0.676. The lowest BCUT2D eigenvalue weighted by Gasteiger charge is -2.17. The summed E-state index contributed by atoms with van der Waals surface area (Å²) in [5.74, 6) is 2.57. The number of pyridine rings is 2. The van der Waals surface area contributed by atoms with Gasteiger partial charge in [-0.05, 0) is 48.5 Å². The Labute approximate surface area is 162 Å². The highest BCUT2D eigenvalue weighted by Gasteiger charge is 2.12. The van der Waals surface area contributed by atoms with Crippen LogP contribution in [-0.2, 0) is 6.54 Å². The smallest absolute Gasteiger partial charge is 0.259 e. The lowest BCUT2D eigenvalue weighted by Crippen LogP contribution is -2.18. The Balaban J connectivity index is 1.48. The van der Waals surface area contributed by atoms with E-state index in [1.807, 2.05) is 66.5 Å². The van der Waals surface area contributed by atoms with E-state index in [-0.39, 0.29) is 0 Å². The molecule has 0 aliphatic rings. The number of aromatic nitrogens is 4. The lowest BCUT2D eigenvalue weighted by molar-refractivity contribution is 0.415. The Bertz CT molecular complexity index is 1030. The van der Waals surface area contributed by atoms with Gasteiger partial charge in [0.2, 0.25) is 5.82 Å². The van der Waals surface area contributed by atoms with Crippen LogP contribution in [0.1, 0.15) is 5.69 Å². The van der Waals surface area contributed by atoms with Crippen molar-refractivity contribution >= 4 is 5.82 Å². The van der Waals surface area contributed by atoms with Gasteiger partial charge < -0.3 is 14.2 Å². The summed E-state index contributed by atoms with van der Waals surface area (Å²) < 4.78 is 10.6. The highest BCUT2D eigenvalue weighted by molar-refractivity contribution is 5.60. The molecule has 4 rings (SSSR count). The van der Waals surface area contributed by atoms with Crippen molar-refractivity contribution < 1.29 is 9.26 Å². The molecule has 0 saturated carbocycles. The van der Waals surface area contributed by atoms with Crippen LogP contribution >= 0.6 is 0 Å². The number of hydrogen-bond donors (Lipinski definition) is 0. The van der Waals surface area contributed by atoms with Gasteiger partial charge in [0.15, 0.2) is 0 Å². The van der Waals surface area contributed by atoms with Crippen molar-refractivity contribution in [1.82, 2.24) is 20.1 Å². The summed E-state index contributed by atoms with van der Waals surface area (Å²) in [6, 6.07) is 17.2. The molecule has 0 N–H and O–H groups in total. The first-order valence-corrected chi connectivity index (χ1v) is 8.78. The summed E-state index contributed by atoms with van der Waals surface area (Å²) in [7, 11) is 3.61. The van der Waals surface area contributed by atoms with E-state index in [2.05, 4.69) is 20.1 Å². The molecule has 7 nitrogen and oxygen atoms in total. The molecule has 4 aromatic rings. The first kappa shape index (κ1) is 17.7. The highest BCUT2D eigenvalue weighted by Crippen LogP contribution is 2.24. The van der Waals surface area contributed by atoms with Crippen molar-refractivity contribution in [2.45, 2.75) is 6.54 Å². The zero-order valence-electron chi connectivity index (χ0n) is 15.6. The number of hydrogen-bond acceptors (Lipinski definition) is 7. The second-order valence-corrected chi connectivity index (χ2v) is 6.23. The molecule has 0 aliphatic heterocycles. The molecular weight excluding hydrogens is 354 g/mol. The van der Waals surface area contributed by atoms with Crippen molar-refractivity contribution in [1.29, 1.82) is 0 Å². The van der Waals surface area contributed by atoms with Gasteiger partial charge in [-0.15, -0.1) is 0 Å². The predicted molar refractivity (Wildman–Crippen MR) is 106 cm³/mol. The normalized spacial score (nSPS) is 10.6. The minimum Gasteiger partial charge on any atom is -0.497 e. The molecule has 0 unspecified atom stereocenters. The molecule has 0 atom stereocenters. The van der Waals surface area contributed by atoms with Crippen LogP contribution in [0.5, 0.6) is 5.75 Å². The molecule has 0 amide bonds. The molecule has 0 spiro atoms. The quantitative estimate of drug-likeness (QED) is 0.508. The fourth-order valence-electron chi connectivity index (χ4n) is 2.75. The predicted octanol–water partition coefficient (Wildman–Crippen LogP) is 3.84. The average molecular weight is 373 g/mol. The maximum absolute atomic E-state index is 5.40. The third kappa shape index (κ3) is 3.83. The van der Waals surface area contributed by atoms with Crippen molar-refractivity contribution in [3.05, 3.63) is 72.7 Å². The minimum absolute atomic E-state index is 0.428. The first-order valence-electron chi connectivity index (χ1n) is 8.78. The van der Waals surface area contributed by atoms with Crippen molar-refractivity contribution in [2.75, 3.05) is 19.1 Å². The number of methoxy groups -OCH3 is 1. The topological polar surface area (TPSA) is 77.2 Å². The molecule has 0 bridgehead atoms. The Hall–Kier alpha value is -3.74. The van der Waals surface area contributed by atoms with Crippen LogP contribution in [0.15, 0.2) is 71.5 Å². The maximum Gasteiger partial charge on any atom is 0.259 e. The Morgan fingerprint density at radius 1 is 0.964 bits per heavy atom. The fraction of sp³-hybridized carbons (Fsp3) is 0.143. The summed E-state index contributed by atoms with van der Waals surface area (Å²) in [5, 5.41) is 4.06. The van der Waals surface area contributed by atoms with Crippen LogP contribution in [0.3, 0.4) is 0 Å². The Morgan fingerprint density at radius 3 is 2.46 bits per heavy atom. The average Bonchev–Trinajstić information content (AvgIpc) is 3.25. The third-order valence-electron chi connectivity index (χ3n) is 4.29. The number of benzene rings is 1. The molecule has 0 fully saturated rings. The van der Waals surface area contributed by atoms with Gasteiger partial charge in [0.25, 0.3) is 5.89 Å². The van der Waals surface area contributed by atoms with Crippen molar-refractivity contribution in [3.63, 3.8) is 0 Å². The molecule has 3 aromatic heterocycles. The molecule has 0 radical (unpaired) electrons. The third-order valence-corrected chi connectivity index (χ3v) is 4.29. The summed E-state index contributed by atoms with van der Waals surface area (Å²) >= 11 is 0. The van der Waals surface area contributed by atoms with Gasteiger partial charge in [-0.2, -0.15) is 4.98 Å². The van der Waals surface area contributed by atoms with Crippen LogP contribution in [-0.4, -0.2) is 34.3 Å². The molecule has 0 saturated heterocycles. The van der Waals surface area contributed by atoms with Crippen molar-refractivity contribution in [2.24, 2.45) is 0 Å². The van der Waals surface area contributed by atoms with Crippen LogP contribution < -0.4 is 9.64 Å². The van der Waals surface area contributed by atoms with E-state index in [1.54, 1.807) is 19.5 Å². The number of rotatable bonds is 6. The second kappa shape index (κ2) is 7.87. The van der Waals surface area contributed by atoms with Gasteiger partial charge in [0.1, 0.15) is 11.6 Å². The molecule has 0 aliphatic carbocycles. The molecule has 1 aromatic carbocycles. The standard InChI is InChI=1S/C21H19N5O2/c1-26(14-17-5-3-4-12-22-17)19-11-8-16(13-23-19)21-24-20(25-28-21)15-6-9-18(27-2)10-7-15/h3-13H,14H2,1-2H3. The van der Waals surface area contributed by atoms with Crippen LogP contribution in [0.25, 0.3) is 22.8 Å². The maximum atomic E-state index is 5.40. The second-order valence-electron chi connectivity index (χ2n) is 6.23. The van der Waals surface area contributed by atoms with Crippen LogP contribution in [0.2, 0.25) is 0 Å². The number of nitrogens with zero attached hydrogens (tertiary/aromatic N) is 5. The zero-order chi connectivity index (χ0) is 19.3. The van der Waals surface area contributed by atoms with E-state index in [4.69, 9.17) is 9.26 Å². The molecule has 3 heterocycles. The summed E-state index contributed by atoms with van der Waals surface area (Å²) in [5.41, 5.74) is 2.61. The van der Waals surface area contributed by atoms with E-state index < -0.39 is 0 Å². The van der Waals surface area contributed by atoms with Gasteiger partial charge >= 0.3 is 0 Å². The van der Waals surface area contributed by atoms with Gasteiger partial charge in [0, 0.05) is 25.0 Å². The SMILES string of the molecule is COc1ccc(-c2noc(-c3ccc(N(C)Cc4ccccn4)nc3)n2)cc1. The molecular formula is C21H19N5O2. The largest absolute Gasteiger partial charge is 0.497 e. The van der Waals surface area contributed by atoms with Gasteiger partial charge in [-0.3, -0.25) is 4.98 Å². The lowest BCUT2D eigenvalue weighted by atomic mass is 10.2.